The zero-order chi connectivity index (χ0) is 20.0. The molecule has 5 rings (SSSR count). The van der Waals surface area contributed by atoms with Crippen LogP contribution in [0.25, 0.3) is 33.3 Å². The van der Waals surface area contributed by atoms with Crippen molar-refractivity contribution in [3.63, 3.8) is 0 Å². The Morgan fingerprint density at radius 2 is 2.07 bits per heavy atom. The quantitative estimate of drug-likeness (QED) is 0.473. The van der Waals surface area contributed by atoms with E-state index < -0.39 is 0 Å². The van der Waals surface area contributed by atoms with E-state index in [2.05, 4.69) is 15.0 Å². The molecule has 7 nitrogen and oxygen atoms in total. The van der Waals surface area contributed by atoms with Crippen LogP contribution in [0, 0.1) is 0 Å². The van der Waals surface area contributed by atoms with Crippen LogP contribution in [0.2, 0.25) is 0 Å². The highest BCUT2D eigenvalue weighted by atomic mass is 32.1. The molecule has 0 aliphatic heterocycles. The van der Waals surface area contributed by atoms with Gasteiger partial charge in [0.15, 0.2) is 5.69 Å². The van der Waals surface area contributed by atoms with Crippen LogP contribution in [0.3, 0.4) is 0 Å². The van der Waals surface area contributed by atoms with Crippen molar-refractivity contribution in [2.45, 2.75) is 6.54 Å². The van der Waals surface area contributed by atoms with Crippen LogP contribution < -0.4 is 5.56 Å². The monoisotopic (exact) mass is 404 g/mol. The Morgan fingerprint density at radius 1 is 1.17 bits per heavy atom. The molecule has 0 unspecified atom stereocenters. The number of nitrogens with zero attached hydrogens (tertiary/aromatic N) is 2. The van der Waals surface area contributed by atoms with Crippen molar-refractivity contribution in [1.29, 1.82) is 0 Å². The van der Waals surface area contributed by atoms with E-state index in [0.29, 0.717) is 23.5 Å². The fourth-order valence-corrected chi connectivity index (χ4v) is 4.02. The normalized spacial score (nSPS) is 11.3. The number of rotatable bonds is 4. The van der Waals surface area contributed by atoms with E-state index in [-0.39, 0.29) is 11.5 Å². The smallest absolute Gasteiger partial charge is 0.276 e. The van der Waals surface area contributed by atoms with Gasteiger partial charge in [-0.05, 0) is 36.4 Å². The molecular weight excluding hydrogens is 388 g/mol. The van der Waals surface area contributed by atoms with Gasteiger partial charge in [0.05, 0.1) is 29.5 Å². The summed E-state index contributed by atoms with van der Waals surface area (Å²) in [4.78, 5) is 37.3. The summed E-state index contributed by atoms with van der Waals surface area (Å²) in [5.74, 6) is 0.613. The highest BCUT2D eigenvalue weighted by Crippen LogP contribution is 2.24. The van der Waals surface area contributed by atoms with Crippen LogP contribution in [-0.2, 0) is 6.54 Å². The predicted molar refractivity (Wildman–Crippen MR) is 112 cm³/mol. The highest BCUT2D eigenvalue weighted by molar-refractivity contribution is 7.09. The van der Waals surface area contributed by atoms with Gasteiger partial charge < -0.3 is 19.3 Å². The lowest BCUT2D eigenvalue weighted by Crippen LogP contribution is -2.25. The van der Waals surface area contributed by atoms with Crippen molar-refractivity contribution in [2.75, 3.05) is 7.05 Å². The minimum absolute atomic E-state index is 0.110. The molecular formula is C21H16N4O3S. The van der Waals surface area contributed by atoms with Crippen LogP contribution in [0.15, 0.2) is 62.6 Å². The van der Waals surface area contributed by atoms with Gasteiger partial charge in [-0.15, -0.1) is 11.3 Å². The molecule has 1 amide bonds. The maximum absolute atomic E-state index is 12.8. The fourth-order valence-electron chi connectivity index (χ4n) is 3.33. The Balaban J connectivity index is 1.49. The average molecular weight is 404 g/mol. The Kier molecular flexibility index (Phi) is 4.06. The predicted octanol–water partition coefficient (Wildman–Crippen LogP) is 4.00. The van der Waals surface area contributed by atoms with E-state index in [9.17, 15) is 9.59 Å². The lowest BCUT2D eigenvalue weighted by atomic mass is 10.1. The summed E-state index contributed by atoms with van der Waals surface area (Å²) in [5.41, 5.74) is 3.56. The van der Waals surface area contributed by atoms with Gasteiger partial charge in [-0.2, -0.15) is 0 Å². The molecule has 0 aliphatic carbocycles. The maximum Gasteiger partial charge on any atom is 0.276 e. The van der Waals surface area contributed by atoms with Gasteiger partial charge in [-0.3, -0.25) is 9.59 Å². The number of fused-ring (bicyclic) bond motifs is 2. The largest absolute Gasteiger partial charge is 0.467 e. The van der Waals surface area contributed by atoms with Crippen molar-refractivity contribution in [3.8, 4) is 11.4 Å². The van der Waals surface area contributed by atoms with Crippen molar-refractivity contribution in [3.05, 3.63) is 75.1 Å². The molecule has 0 aliphatic rings. The van der Waals surface area contributed by atoms with E-state index in [1.54, 1.807) is 30.3 Å². The van der Waals surface area contributed by atoms with Crippen LogP contribution in [-0.4, -0.2) is 32.8 Å². The minimum atomic E-state index is -0.253. The Bertz CT molecular complexity index is 1390. The van der Waals surface area contributed by atoms with Crippen LogP contribution in [0.5, 0.6) is 0 Å². The second kappa shape index (κ2) is 6.75. The molecule has 0 radical (unpaired) electrons. The van der Waals surface area contributed by atoms with Gasteiger partial charge in [-0.1, -0.05) is 0 Å². The number of benzene rings is 1. The first-order valence-electron chi connectivity index (χ1n) is 8.96. The number of nitrogens with one attached hydrogen (secondary N) is 2. The summed E-state index contributed by atoms with van der Waals surface area (Å²) < 4.78 is 5.31. The molecule has 1 aromatic carbocycles. The summed E-state index contributed by atoms with van der Waals surface area (Å²) in [6, 6.07) is 10.9. The topological polar surface area (TPSA) is 95.0 Å². The van der Waals surface area contributed by atoms with E-state index in [0.717, 1.165) is 27.7 Å². The molecule has 2 N–H and O–H groups in total. The van der Waals surface area contributed by atoms with Gasteiger partial charge in [0, 0.05) is 34.3 Å². The number of carbonyl (C=O) groups excluding carboxylic acids is 1. The minimum Gasteiger partial charge on any atom is -0.467 e. The zero-order valence-electron chi connectivity index (χ0n) is 15.4. The van der Waals surface area contributed by atoms with Gasteiger partial charge in [-0.25, -0.2) is 4.98 Å². The summed E-state index contributed by atoms with van der Waals surface area (Å²) in [6.07, 6.45) is 1.59. The van der Waals surface area contributed by atoms with Gasteiger partial charge in [0.25, 0.3) is 11.5 Å². The molecule has 0 spiro atoms. The summed E-state index contributed by atoms with van der Waals surface area (Å²) in [7, 11) is 1.73. The van der Waals surface area contributed by atoms with Crippen LogP contribution in [0.4, 0.5) is 0 Å². The number of aromatic amines is 2. The van der Waals surface area contributed by atoms with Gasteiger partial charge in [0.2, 0.25) is 0 Å². The number of amides is 1. The fraction of sp³-hybridized carbons (Fsp3) is 0.0952. The molecule has 5 aromatic rings. The maximum atomic E-state index is 12.8. The number of hydrogen-bond donors (Lipinski definition) is 2. The van der Waals surface area contributed by atoms with Crippen molar-refractivity contribution in [2.24, 2.45) is 0 Å². The number of carbonyl (C=O) groups is 1. The molecule has 4 aromatic heterocycles. The second-order valence-corrected chi connectivity index (χ2v) is 7.55. The third-order valence-corrected chi connectivity index (χ3v) is 5.51. The number of furan rings is 1. The lowest BCUT2D eigenvalue weighted by molar-refractivity contribution is 0.0775. The first-order chi connectivity index (χ1) is 14.1. The number of hydrogen-bond acceptors (Lipinski definition) is 5. The molecule has 0 atom stereocenters. The summed E-state index contributed by atoms with van der Waals surface area (Å²) in [6.45, 7) is 0.391. The van der Waals surface area contributed by atoms with Crippen molar-refractivity contribution in [1.82, 2.24) is 19.9 Å². The SMILES string of the molecule is CN(Cc1ccco1)C(=O)c1ccc2[nH]c(-c3nc4cscc4[nH]c3=O)cc2c1. The molecule has 4 heterocycles. The lowest BCUT2D eigenvalue weighted by Gasteiger charge is -2.15. The summed E-state index contributed by atoms with van der Waals surface area (Å²) >= 11 is 1.49. The first kappa shape index (κ1) is 17.4. The standard InChI is InChI=1S/C21H16N4O3S/c1-25(9-14-3-2-6-28-14)21(27)12-4-5-15-13(7-12)8-16(22-15)19-20(26)24-18-11-29-10-17(18)23-19/h2-8,10-11,22H,9H2,1H3,(H,24,26). The molecule has 0 fully saturated rings. The van der Waals surface area contributed by atoms with E-state index in [4.69, 9.17) is 4.42 Å². The third-order valence-electron chi connectivity index (χ3n) is 4.78. The number of thiophene rings is 1. The van der Waals surface area contributed by atoms with E-state index in [1.165, 1.54) is 11.3 Å². The highest BCUT2D eigenvalue weighted by Gasteiger charge is 2.16. The Morgan fingerprint density at radius 3 is 2.90 bits per heavy atom. The summed E-state index contributed by atoms with van der Waals surface area (Å²) in [5, 5.41) is 4.59. The Hall–Kier alpha value is -3.65. The van der Waals surface area contributed by atoms with Gasteiger partial charge in [0.1, 0.15) is 5.76 Å². The van der Waals surface area contributed by atoms with Gasteiger partial charge >= 0.3 is 0 Å². The molecule has 8 heteroatoms. The number of H-pyrrole nitrogens is 2. The first-order valence-corrected chi connectivity index (χ1v) is 9.90. The van der Waals surface area contributed by atoms with Crippen LogP contribution >= 0.6 is 11.3 Å². The molecule has 0 saturated carbocycles. The van der Waals surface area contributed by atoms with Crippen molar-refractivity contribution < 1.29 is 9.21 Å². The molecule has 29 heavy (non-hydrogen) atoms. The average Bonchev–Trinajstić information content (AvgIpc) is 3.46. The second-order valence-electron chi connectivity index (χ2n) is 6.81. The molecule has 0 bridgehead atoms. The van der Waals surface area contributed by atoms with E-state index in [1.807, 2.05) is 35.0 Å². The molecule has 144 valence electrons. The third kappa shape index (κ3) is 3.13. The van der Waals surface area contributed by atoms with Crippen molar-refractivity contribution >= 4 is 39.2 Å². The van der Waals surface area contributed by atoms with Crippen LogP contribution in [0.1, 0.15) is 16.1 Å². The Labute approximate surface area is 168 Å². The number of aromatic nitrogens is 3. The van der Waals surface area contributed by atoms with E-state index >= 15 is 0 Å². The molecule has 0 saturated heterocycles. The zero-order valence-corrected chi connectivity index (χ0v) is 16.2.